The Hall–Kier alpha value is -1.86. The van der Waals surface area contributed by atoms with Crippen molar-refractivity contribution in [1.82, 2.24) is 4.98 Å². The number of halogens is 3. The fraction of sp³-hybridized carbons (Fsp3) is 0.389. The Balaban J connectivity index is 1.90. The minimum Gasteiger partial charge on any atom is -0.398 e. The van der Waals surface area contributed by atoms with Gasteiger partial charge in [-0.1, -0.05) is 24.3 Å². The van der Waals surface area contributed by atoms with E-state index >= 15 is 0 Å². The van der Waals surface area contributed by atoms with Crippen molar-refractivity contribution in [2.75, 3.05) is 0 Å². The van der Waals surface area contributed by atoms with E-state index in [1.807, 2.05) is 27.7 Å². The Morgan fingerprint density at radius 3 is 2.04 bits per heavy atom. The highest BCUT2D eigenvalue weighted by Gasteiger charge is 2.52. The van der Waals surface area contributed by atoms with Gasteiger partial charge in [0.05, 0.1) is 22.4 Å². The maximum Gasteiger partial charge on any atom is 0.514 e. The highest BCUT2D eigenvalue weighted by atomic mass is 19.4. The van der Waals surface area contributed by atoms with Crippen LogP contribution in [0.5, 0.6) is 0 Å². The Morgan fingerprint density at radius 2 is 1.52 bits per heavy atom. The van der Waals surface area contributed by atoms with Crippen LogP contribution in [0.2, 0.25) is 0 Å². The lowest BCUT2D eigenvalue weighted by Gasteiger charge is -2.32. The van der Waals surface area contributed by atoms with Crippen LogP contribution in [0.1, 0.15) is 33.3 Å². The first kappa shape index (κ1) is 18.0. The molecule has 1 aromatic heterocycles. The summed E-state index contributed by atoms with van der Waals surface area (Å²) in [5, 5.41) is 0. The summed E-state index contributed by atoms with van der Waals surface area (Å²) in [7, 11) is -0.642. The topological polar surface area (TPSA) is 31.4 Å². The molecule has 1 aliphatic rings. The molecule has 0 radical (unpaired) electrons. The second kappa shape index (κ2) is 5.85. The third-order valence-corrected chi connectivity index (χ3v) is 4.82. The quantitative estimate of drug-likeness (QED) is 0.766. The van der Waals surface area contributed by atoms with Gasteiger partial charge in [0.2, 0.25) is 0 Å². The van der Waals surface area contributed by atoms with Crippen molar-refractivity contribution in [3.05, 3.63) is 48.2 Å². The van der Waals surface area contributed by atoms with Gasteiger partial charge in [-0.25, -0.2) is 0 Å². The number of rotatable bonds is 2. The number of alkyl halides is 3. The minimum atomic E-state index is -4.42. The van der Waals surface area contributed by atoms with Crippen molar-refractivity contribution in [1.29, 1.82) is 0 Å². The van der Waals surface area contributed by atoms with Crippen LogP contribution >= 0.6 is 0 Å². The molecule has 0 unspecified atom stereocenters. The first-order valence-corrected chi connectivity index (χ1v) is 7.99. The standard InChI is InChI=1S/C18H19BF3NO2/c1-16(2)17(3,4)25-19(24-16)15-10-9-12(11-23-15)13-7-5-6-8-14(13)18(20,21)22/h5-11H,1-4H3. The zero-order valence-electron chi connectivity index (χ0n) is 14.5. The van der Waals surface area contributed by atoms with Crippen LogP contribution in [0.4, 0.5) is 13.2 Å². The van der Waals surface area contributed by atoms with Crippen LogP contribution in [0.15, 0.2) is 42.6 Å². The fourth-order valence-electron chi connectivity index (χ4n) is 2.65. The second-order valence-electron chi connectivity index (χ2n) is 7.10. The molecule has 0 spiro atoms. The first-order valence-electron chi connectivity index (χ1n) is 7.99. The van der Waals surface area contributed by atoms with E-state index in [1.54, 1.807) is 18.2 Å². The number of nitrogens with zero attached hydrogens (tertiary/aromatic N) is 1. The summed E-state index contributed by atoms with van der Waals surface area (Å²) in [4.78, 5) is 4.27. The SMILES string of the molecule is CC1(C)OB(c2ccc(-c3ccccc3C(F)(F)F)cn2)OC1(C)C. The molecule has 132 valence electrons. The molecule has 0 bridgehead atoms. The monoisotopic (exact) mass is 349 g/mol. The van der Waals surface area contributed by atoms with E-state index in [9.17, 15) is 13.2 Å². The lowest BCUT2D eigenvalue weighted by Crippen LogP contribution is -2.41. The third-order valence-electron chi connectivity index (χ3n) is 4.82. The highest BCUT2D eigenvalue weighted by Crippen LogP contribution is 2.38. The number of aromatic nitrogens is 1. The third kappa shape index (κ3) is 3.31. The average molecular weight is 349 g/mol. The lowest BCUT2D eigenvalue weighted by molar-refractivity contribution is -0.137. The molecule has 3 rings (SSSR count). The van der Waals surface area contributed by atoms with E-state index in [2.05, 4.69) is 4.98 Å². The molecule has 3 nitrogen and oxygen atoms in total. The Morgan fingerprint density at radius 1 is 0.920 bits per heavy atom. The summed E-state index contributed by atoms with van der Waals surface area (Å²) in [5.41, 5.74) is -0.648. The van der Waals surface area contributed by atoms with Crippen LogP contribution < -0.4 is 5.59 Å². The van der Waals surface area contributed by atoms with Gasteiger partial charge in [0.15, 0.2) is 0 Å². The summed E-state index contributed by atoms with van der Waals surface area (Å²) in [6.45, 7) is 7.73. The normalized spacial score (nSPS) is 19.2. The van der Waals surface area contributed by atoms with Crippen LogP contribution in [-0.2, 0) is 15.5 Å². The molecular formula is C18H19BF3NO2. The van der Waals surface area contributed by atoms with Gasteiger partial charge in [-0.3, -0.25) is 4.98 Å². The molecule has 1 fully saturated rings. The molecule has 7 heteroatoms. The van der Waals surface area contributed by atoms with Crippen LogP contribution in [0, 0.1) is 0 Å². The van der Waals surface area contributed by atoms with Gasteiger partial charge in [-0.05, 0) is 45.4 Å². The summed E-state index contributed by atoms with van der Waals surface area (Å²) in [6, 6.07) is 8.71. The summed E-state index contributed by atoms with van der Waals surface area (Å²) in [6.07, 6.45) is -2.99. The average Bonchev–Trinajstić information content (AvgIpc) is 2.75. The second-order valence-corrected chi connectivity index (χ2v) is 7.10. The molecule has 1 aromatic carbocycles. The molecule has 0 saturated carbocycles. The molecular weight excluding hydrogens is 330 g/mol. The molecule has 0 N–H and O–H groups in total. The van der Waals surface area contributed by atoms with E-state index in [0.29, 0.717) is 11.2 Å². The molecule has 0 atom stereocenters. The molecule has 0 amide bonds. The van der Waals surface area contributed by atoms with Crippen molar-refractivity contribution in [2.45, 2.75) is 45.1 Å². The van der Waals surface area contributed by atoms with Crippen LogP contribution in [0.3, 0.4) is 0 Å². The Kier molecular flexibility index (Phi) is 4.20. The summed E-state index contributed by atoms with van der Waals surface area (Å²) < 4.78 is 51.3. The molecule has 1 aliphatic heterocycles. The number of benzene rings is 1. The van der Waals surface area contributed by atoms with E-state index in [-0.39, 0.29) is 5.56 Å². The smallest absolute Gasteiger partial charge is 0.398 e. The van der Waals surface area contributed by atoms with Crippen molar-refractivity contribution in [3.63, 3.8) is 0 Å². The Bertz CT molecular complexity index is 757. The van der Waals surface area contributed by atoms with Gasteiger partial charge in [-0.2, -0.15) is 13.2 Å². The van der Waals surface area contributed by atoms with E-state index in [0.717, 1.165) is 6.07 Å². The van der Waals surface area contributed by atoms with Crippen LogP contribution in [-0.4, -0.2) is 23.3 Å². The van der Waals surface area contributed by atoms with Crippen molar-refractivity contribution < 1.29 is 22.5 Å². The molecule has 1 saturated heterocycles. The number of pyridine rings is 1. The van der Waals surface area contributed by atoms with Crippen LogP contribution in [0.25, 0.3) is 11.1 Å². The maximum atomic E-state index is 13.2. The largest absolute Gasteiger partial charge is 0.514 e. The summed E-state index contributed by atoms with van der Waals surface area (Å²) >= 11 is 0. The summed E-state index contributed by atoms with van der Waals surface area (Å²) in [5.74, 6) is 0. The number of hydrogen-bond acceptors (Lipinski definition) is 3. The van der Waals surface area contributed by atoms with E-state index in [4.69, 9.17) is 9.31 Å². The minimum absolute atomic E-state index is 0.1000. The molecule has 2 heterocycles. The van der Waals surface area contributed by atoms with E-state index in [1.165, 1.54) is 18.3 Å². The van der Waals surface area contributed by atoms with Gasteiger partial charge < -0.3 is 9.31 Å². The van der Waals surface area contributed by atoms with Crippen molar-refractivity contribution in [3.8, 4) is 11.1 Å². The van der Waals surface area contributed by atoms with Crippen molar-refractivity contribution in [2.24, 2.45) is 0 Å². The maximum absolute atomic E-state index is 13.2. The van der Waals surface area contributed by atoms with Gasteiger partial charge in [0.25, 0.3) is 0 Å². The first-order chi connectivity index (χ1) is 11.5. The van der Waals surface area contributed by atoms with E-state index < -0.39 is 30.1 Å². The molecule has 2 aromatic rings. The highest BCUT2D eigenvalue weighted by molar-refractivity contribution is 6.61. The van der Waals surface area contributed by atoms with Gasteiger partial charge in [0.1, 0.15) is 0 Å². The molecule has 25 heavy (non-hydrogen) atoms. The zero-order chi connectivity index (χ0) is 18.5. The van der Waals surface area contributed by atoms with Crippen molar-refractivity contribution >= 4 is 12.7 Å². The lowest BCUT2D eigenvalue weighted by atomic mass is 9.83. The predicted molar refractivity (Wildman–Crippen MR) is 90.4 cm³/mol. The predicted octanol–water partition coefficient (Wildman–Crippen LogP) is 4.07. The van der Waals surface area contributed by atoms with Gasteiger partial charge in [0, 0.05) is 11.8 Å². The van der Waals surface area contributed by atoms with Gasteiger partial charge >= 0.3 is 13.3 Å². The fourth-order valence-corrected chi connectivity index (χ4v) is 2.65. The van der Waals surface area contributed by atoms with Gasteiger partial charge in [-0.15, -0.1) is 0 Å². The zero-order valence-corrected chi connectivity index (χ0v) is 14.5. The number of hydrogen-bond donors (Lipinski definition) is 0. The molecule has 0 aliphatic carbocycles. The Labute approximate surface area is 145 Å².